The first-order valence-corrected chi connectivity index (χ1v) is 4.98. The summed E-state index contributed by atoms with van der Waals surface area (Å²) >= 11 is 0. The summed E-state index contributed by atoms with van der Waals surface area (Å²) in [5, 5.41) is 10.6. The molecule has 1 fully saturated rings. The number of nitro groups is 1. The third-order valence-electron chi connectivity index (χ3n) is 3.45. The van der Waals surface area contributed by atoms with Gasteiger partial charge in [-0.05, 0) is 23.5 Å². The number of hydrogen-bond acceptors (Lipinski definition) is 3. The van der Waals surface area contributed by atoms with E-state index in [1.165, 1.54) is 6.07 Å². The fraction of sp³-hybridized carbons (Fsp3) is 0.364. The van der Waals surface area contributed by atoms with Crippen LogP contribution in [0, 0.1) is 10.1 Å². The zero-order chi connectivity index (χ0) is 10.6. The summed E-state index contributed by atoms with van der Waals surface area (Å²) in [6.45, 7) is 0. The van der Waals surface area contributed by atoms with Gasteiger partial charge in [-0.2, -0.15) is 0 Å². The molecule has 2 aliphatic rings. The Morgan fingerprint density at radius 3 is 2.87 bits per heavy atom. The molecule has 2 bridgehead atoms. The van der Waals surface area contributed by atoms with Crippen LogP contribution in [0.3, 0.4) is 0 Å². The zero-order valence-corrected chi connectivity index (χ0v) is 7.97. The largest absolute Gasteiger partial charge is 0.299 e. The van der Waals surface area contributed by atoms with E-state index >= 15 is 0 Å². The maximum absolute atomic E-state index is 11.5. The van der Waals surface area contributed by atoms with E-state index in [4.69, 9.17) is 0 Å². The molecule has 2 atom stereocenters. The number of hydrogen-bond donors (Lipinski definition) is 0. The number of ketones is 1. The van der Waals surface area contributed by atoms with Gasteiger partial charge in [0, 0.05) is 24.5 Å². The van der Waals surface area contributed by atoms with Crippen LogP contribution in [0.4, 0.5) is 5.69 Å². The van der Waals surface area contributed by atoms with E-state index in [1.807, 2.05) is 0 Å². The molecule has 3 rings (SSSR count). The van der Waals surface area contributed by atoms with Gasteiger partial charge in [0.15, 0.2) is 0 Å². The first-order chi connectivity index (χ1) is 7.16. The Hall–Kier alpha value is -1.71. The fourth-order valence-electron chi connectivity index (χ4n) is 2.77. The van der Waals surface area contributed by atoms with E-state index in [2.05, 4.69) is 0 Å². The average Bonchev–Trinajstić information content (AvgIpc) is 2.74. The third-order valence-corrected chi connectivity index (χ3v) is 3.45. The lowest BCUT2D eigenvalue weighted by Gasteiger charge is -2.13. The monoisotopic (exact) mass is 203 g/mol. The van der Waals surface area contributed by atoms with Gasteiger partial charge in [-0.15, -0.1) is 0 Å². The zero-order valence-electron chi connectivity index (χ0n) is 7.97. The van der Waals surface area contributed by atoms with Gasteiger partial charge >= 0.3 is 0 Å². The SMILES string of the molecule is O=C1CC2CC1c1ccc([N+](=O)[O-])cc12. The summed E-state index contributed by atoms with van der Waals surface area (Å²) < 4.78 is 0. The van der Waals surface area contributed by atoms with Crippen molar-refractivity contribution in [1.29, 1.82) is 0 Å². The molecular weight excluding hydrogens is 194 g/mol. The molecule has 1 aromatic carbocycles. The lowest BCUT2D eigenvalue weighted by atomic mass is 9.90. The molecule has 0 aliphatic heterocycles. The Balaban J connectivity index is 2.13. The van der Waals surface area contributed by atoms with Crippen molar-refractivity contribution in [2.75, 3.05) is 0 Å². The van der Waals surface area contributed by atoms with Gasteiger partial charge in [-0.3, -0.25) is 14.9 Å². The summed E-state index contributed by atoms with van der Waals surface area (Å²) in [5.74, 6) is 0.546. The van der Waals surface area contributed by atoms with Crippen molar-refractivity contribution in [2.45, 2.75) is 24.7 Å². The quantitative estimate of drug-likeness (QED) is 0.519. The predicted octanol–water partition coefficient (Wildman–Crippen LogP) is 2.14. The molecule has 0 radical (unpaired) electrons. The van der Waals surface area contributed by atoms with Gasteiger partial charge in [-0.1, -0.05) is 6.07 Å². The molecule has 1 saturated carbocycles. The highest BCUT2D eigenvalue weighted by atomic mass is 16.6. The molecule has 2 aliphatic carbocycles. The predicted molar refractivity (Wildman–Crippen MR) is 52.8 cm³/mol. The van der Waals surface area contributed by atoms with Crippen LogP contribution in [0.2, 0.25) is 0 Å². The van der Waals surface area contributed by atoms with Gasteiger partial charge in [0.25, 0.3) is 5.69 Å². The van der Waals surface area contributed by atoms with Crippen molar-refractivity contribution in [1.82, 2.24) is 0 Å². The minimum absolute atomic E-state index is 0.0193. The molecule has 0 heterocycles. The summed E-state index contributed by atoms with van der Waals surface area (Å²) in [6, 6.07) is 4.87. The maximum atomic E-state index is 11.5. The number of carbonyl (C=O) groups excluding carboxylic acids is 1. The summed E-state index contributed by atoms with van der Waals surface area (Å²) in [5.41, 5.74) is 2.17. The highest BCUT2D eigenvalue weighted by Crippen LogP contribution is 2.51. The van der Waals surface area contributed by atoms with Gasteiger partial charge < -0.3 is 0 Å². The maximum Gasteiger partial charge on any atom is 0.269 e. The summed E-state index contributed by atoms with van der Waals surface area (Å²) in [4.78, 5) is 21.7. The Bertz CT molecular complexity index is 481. The van der Waals surface area contributed by atoms with Crippen LogP contribution in [-0.4, -0.2) is 10.7 Å². The molecule has 2 unspecified atom stereocenters. The van der Waals surface area contributed by atoms with Gasteiger partial charge in [-0.25, -0.2) is 0 Å². The molecule has 0 aromatic heterocycles. The minimum atomic E-state index is -0.381. The van der Waals surface area contributed by atoms with Crippen molar-refractivity contribution in [3.8, 4) is 0 Å². The molecule has 1 aromatic rings. The summed E-state index contributed by atoms with van der Waals surface area (Å²) in [6.07, 6.45) is 1.42. The number of rotatable bonds is 1. The van der Waals surface area contributed by atoms with Crippen LogP contribution in [0.25, 0.3) is 0 Å². The van der Waals surface area contributed by atoms with Crippen molar-refractivity contribution >= 4 is 11.5 Å². The van der Waals surface area contributed by atoms with Crippen molar-refractivity contribution < 1.29 is 9.72 Å². The second-order valence-electron chi connectivity index (χ2n) is 4.23. The van der Waals surface area contributed by atoms with Crippen LogP contribution in [-0.2, 0) is 4.79 Å². The van der Waals surface area contributed by atoms with Crippen LogP contribution in [0.15, 0.2) is 18.2 Å². The molecule has 0 saturated heterocycles. The first kappa shape index (κ1) is 8.59. The van der Waals surface area contributed by atoms with E-state index in [0.717, 1.165) is 17.5 Å². The topological polar surface area (TPSA) is 60.2 Å². The van der Waals surface area contributed by atoms with Crippen LogP contribution in [0.5, 0.6) is 0 Å². The molecule has 76 valence electrons. The number of fused-ring (bicyclic) bond motifs is 5. The van der Waals surface area contributed by atoms with E-state index in [9.17, 15) is 14.9 Å². The van der Waals surface area contributed by atoms with E-state index < -0.39 is 0 Å². The van der Waals surface area contributed by atoms with Crippen LogP contribution >= 0.6 is 0 Å². The molecule has 0 N–H and O–H groups in total. The second kappa shape index (κ2) is 2.66. The number of nitro benzene ring substituents is 1. The standard InChI is InChI=1S/C11H9NO3/c13-11-4-6-3-10(11)8-2-1-7(12(14)15)5-9(6)8/h1-2,5-6,10H,3-4H2. The van der Waals surface area contributed by atoms with Crippen molar-refractivity contribution in [3.05, 3.63) is 39.4 Å². The molecule has 4 heteroatoms. The van der Waals surface area contributed by atoms with E-state index in [1.54, 1.807) is 12.1 Å². The van der Waals surface area contributed by atoms with E-state index in [0.29, 0.717) is 12.2 Å². The number of carbonyl (C=O) groups is 1. The Labute approximate surface area is 86.1 Å². The summed E-state index contributed by atoms with van der Waals surface area (Å²) in [7, 11) is 0. The highest BCUT2D eigenvalue weighted by Gasteiger charge is 2.43. The normalized spacial score (nSPS) is 26.8. The Morgan fingerprint density at radius 1 is 1.33 bits per heavy atom. The molecule has 15 heavy (non-hydrogen) atoms. The molecule has 0 spiro atoms. The Morgan fingerprint density at radius 2 is 2.13 bits per heavy atom. The highest BCUT2D eigenvalue weighted by molar-refractivity contribution is 5.92. The number of Topliss-reactive ketones (excluding diaryl/α,β-unsaturated/α-hetero) is 1. The van der Waals surface area contributed by atoms with Gasteiger partial charge in [0.2, 0.25) is 0 Å². The number of nitrogens with zero attached hydrogens (tertiary/aromatic N) is 1. The second-order valence-corrected chi connectivity index (χ2v) is 4.23. The smallest absolute Gasteiger partial charge is 0.269 e. The molecule has 4 nitrogen and oxygen atoms in total. The van der Waals surface area contributed by atoms with Crippen molar-refractivity contribution in [3.63, 3.8) is 0 Å². The van der Waals surface area contributed by atoms with Crippen LogP contribution < -0.4 is 0 Å². The fourth-order valence-corrected chi connectivity index (χ4v) is 2.77. The van der Waals surface area contributed by atoms with Gasteiger partial charge in [0.1, 0.15) is 5.78 Å². The van der Waals surface area contributed by atoms with Gasteiger partial charge in [0.05, 0.1) is 4.92 Å². The lowest BCUT2D eigenvalue weighted by molar-refractivity contribution is -0.384. The first-order valence-electron chi connectivity index (χ1n) is 4.98. The molecular formula is C11H9NO3. The minimum Gasteiger partial charge on any atom is -0.299 e. The van der Waals surface area contributed by atoms with Crippen molar-refractivity contribution in [2.24, 2.45) is 0 Å². The number of benzene rings is 1. The molecule has 0 amide bonds. The van der Waals surface area contributed by atoms with Crippen LogP contribution in [0.1, 0.15) is 35.8 Å². The lowest BCUT2D eigenvalue weighted by Crippen LogP contribution is -2.09. The van der Waals surface area contributed by atoms with E-state index in [-0.39, 0.29) is 22.4 Å². The average molecular weight is 203 g/mol. The Kier molecular flexibility index (Phi) is 1.52. The number of non-ortho nitro benzene ring substituents is 1. The third kappa shape index (κ3) is 1.04.